The smallest absolute Gasteiger partial charge is 0.137 e. The lowest BCUT2D eigenvalue weighted by Crippen LogP contribution is -2.30. The van der Waals surface area contributed by atoms with Gasteiger partial charge in [0.25, 0.3) is 0 Å². The third-order valence-corrected chi connectivity index (χ3v) is 3.19. The van der Waals surface area contributed by atoms with E-state index in [9.17, 15) is 9.65 Å². The Hall–Kier alpha value is -2.22. The summed E-state index contributed by atoms with van der Waals surface area (Å²) in [4.78, 5) is 3.89. The zero-order chi connectivity index (χ0) is 13.7. The van der Waals surface area contributed by atoms with Crippen molar-refractivity contribution in [3.05, 3.63) is 48.3 Å². The third-order valence-electron chi connectivity index (χ3n) is 3.19. The van der Waals surface area contributed by atoms with Crippen LogP contribution in [-0.4, -0.2) is 14.8 Å². The summed E-state index contributed by atoms with van der Waals surface area (Å²) in [7, 11) is 0. The average molecular weight is 258 g/mol. The molecule has 0 bridgehead atoms. The molecular weight excluding hydrogens is 243 g/mol. The Kier molecular flexibility index (Phi) is 3.91. The fraction of sp³-hybridized carbons (Fsp3) is 0.357. The fourth-order valence-corrected chi connectivity index (χ4v) is 2.26. The average Bonchev–Trinajstić information content (AvgIpc) is 2.92. The maximum absolute atomic E-state index is 13.0. The van der Waals surface area contributed by atoms with Crippen LogP contribution in [0.15, 0.2) is 36.9 Å². The molecule has 0 aliphatic rings. The molecule has 0 saturated heterocycles. The SMILES string of the molecule is CCCC(C#N)(Cn1cncn1)c1ccc(F)cc1. The molecule has 2 aromatic rings. The number of nitriles is 1. The monoisotopic (exact) mass is 258 g/mol. The predicted molar refractivity (Wildman–Crippen MR) is 68.6 cm³/mol. The van der Waals surface area contributed by atoms with E-state index in [2.05, 4.69) is 16.2 Å². The molecule has 98 valence electrons. The molecule has 4 nitrogen and oxygen atoms in total. The first-order chi connectivity index (χ1) is 9.20. The first-order valence-corrected chi connectivity index (χ1v) is 6.20. The fourth-order valence-electron chi connectivity index (χ4n) is 2.26. The highest BCUT2D eigenvalue weighted by atomic mass is 19.1. The van der Waals surface area contributed by atoms with Crippen LogP contribution in [0.25, 0.3) is 0 Å². The van der Waals surface area contributed by atoms with Crippen molar-refractivity contribution in [2.75, 3.05) is 0 Å². The molecule has 0 N–H and O–H groups in total. The van der Waals surface area contributed by atoms with Crippen molar-refractivity contribution >= 4 is 0 Å². The zero-order valence-corrected chi connectivity index (χ0v) is 10.8. The van der Waals surface area contributed by atoms with Crippen molar-refractivity contribution in [3.63, 3.8) is 0 Å². The molecule has 1 heterocycles. The molecule has 1 aromatic carbocycles. The van der Waals surface area contributed by atoms with E-state index < -0.39 is 5.41 Å². The number of rotatable bonds is 5. The number of nitrogens with zero attached hydrogens (tertiary/aromatic N) is 4. The van der Waals surface area contributed by atoms with Crippen LogP contribution in [0.5, 0.6) is 0 Å². The Bertz CT molecular complexity index is 556. The Morgan fingerprint density at radius 3 is 2.63 bits per heavy atom. The van der Waals surface area contributed by atoms with Crippen LogP contribution < -0.4 is 0 Å². The van der Waals surface area contributed by atoms with Crippen LogP contribution in [0.4, 0.5) is 4.39 Å². The molecule has 0 saturated carbocycles. The van der Waals surface area contributed by atoms with E-state index in [1.54, 1.807) is 23.1 Å². The van der Waals surface area contributed by atoms with Gasteiger partial charge in [0.2, 0.25) is 0 Å². The van der Waals surface area contributed by atoms with E-state index in [4.69, 9.17) is 0 Å². The van der Waals surface area contributed by atoms with Crippen molar-refractivity contribution in [3.8, 4) is 6.07 Å². The normalized spacial score (nSPS) is 13.7. The molecule has 0 aliphatic carbocycles. The molecule has 0 fully saturated rings. The highest BCUT2D eigenvalue weighted by Gasteiger charge is 2.32. The quantitative estimate of drug-likeness (QED) is 0.828. The predicted octanol–water partition coefficient (Wildman–Crippen LogP) is 2.68. The van der Waals surface area contributed by atoms with E-state index >= 15 is 0 Å². The summed E-state index contributed by atoms with van der Waals surface area (Å²) in [5.74, 6) is -0.298. The molecule has 5 heteroatoms. The highest BCUT2D eigenvalue weighted by Crippen LogP contribution is 2.30. The number of benzene rings is 1. The van der Waals surface area contributed by atoms with Gasteiger partial charge in [0, 0.05) is 0 Å². The zero-order valence-electron chi connectivity index (χ0n) is 10.8. The number of aromatic nitrogens is 3. The van der Waals surface area contributed by atoms with Crippen LogP contribution >= 0.6 is 0 Å². The second-order valence-electron chi connectivity index (χ2n) is 4.54. The number of halogens is 1. The Morgan fingerprint density at radius 2 is 2.11 bits per heavy atom. The molecular formula is C14H15FN4. The third kappa shape index (κ3) is 2.79. The summed E-state index contributed by atoms with van der Waals surface area (Å²) >= 11 is 0. The molecule has 0 amide bonds. The summed E-state index contributed by atoms with van der Waals surface area (Å²) in [5, 5.41) is 13.7. The van der Waals surface area contributed by atoms with Crippen LogP contribution in [0.1, 0.15) is 25.3 Å². The van der Waals surface area contributed by atoms with Gasteiger partial charge in [0.05, 0.1) is 12.6 Å². The van der Waals surface area contributed by atoms with Crippen molar-refractivity contribution < 1.29 is 4.39 Å². The first kappa shape index (κ1) is 13.2. The lowest BCUT2D eigenvalue weighted by molar-refractivity contribution is 0.397. The number of hydrogen-bond acceptors (Lipinski definition) is 3. The largest absolute Gasteiger partial charge is 0.251 e. The van der Waals surface area contributed by atoms with E-state index in [-0.39, 0.29) is 5.82 Å². The van der Waals surface area contributed by atoms with Gasteiger partial charge in [-0.1, -0.05) is 25.5 Å². The maximum Gasteiger partial charge on any atom is 0.137 e. The van der Waals surface area contributed by atoms with Gasteiger partial charge in [-0.15, -0.1) is 0 Å². The minimum atomic E-state index is -0.698. The van der Waals surface area contributed by atoms with Gasteiger partial charge in [-0.3, -0.25) is 4.68 Å². The lowest BCUT2D eigenvalue weighted by atomic mass is 9.78. The van der Waals surface area contributed by atoms with Crippen LogP contribution in [0.2, 0.25) is 0 Å². The minimum absolute atomic E-state index is 0.298. The van der Waals surface area contributed by atoms with Gasteiger partial charge >= 0.3 is 0 Å². The summed E-state index contributed by atoms with van der Waals surface area (Å²) in [6.45, 7) is 2.44. The van der Waals surface area contributed by atoms with Gasteiger partial charge in [0.1, 0.15) is 23.9 Å². The van der Waals surface area contributed by atoms with Crippen molar-refractivity contribution in [1.82, 2.24) is 14.8 Å². The minimum Gasteiger partial charge on any atom is -0.251 e. The summed E-state index contributed by atoms with van der Waals surface area (Å²) in [6.07, 6.45) is 4.58. The Morgan fingerprint density at radius 1 is 1.37 bits per heavy atom. The van der Waals surface area contributed by atoms with Crippen molar-refractivity contribution in [1.29, 1.82) is 5.26 Å². The second kappa shape index (κ2) is 5.61. The maximum atomic E-state index is 13.0. The molecule has 0 radical (unpaired) electrons. The van der Waals surface area contributed by atoms with Crippen molar-refractivity contribution in [2.45, 2.75) is 31.7 Å². The van der Waals surface area contributed by atoms with Gasteiger partial charge < -0.3 is 0 Å². The molecule has 1 aromatic heterocycles. The van der Waals surface area contributed by atoms with Gasteiger partial charge in [0.15, 0.2) is 0 Å². The van der Waals surface area contributed by atoms with Gasteiger partial charge in [-0.2, -0.15) is 10.4 Å². The standard InChI is InChI=1S/C14H15FN4/c1-2-7-14(8-16,9-19-11-17-10-18-19)12-3-5-13(15)6-4-12/h3-6,10-11H,2,7,9H2,1H3. The van der Waals surface area contributed by atoms with E-state index in [0.717, 1.165) is 12.0 Å². The molecule has 1 atom stereocenters. The topological polar surface area (TPSA) is 54.5 Å². The molecule has 2 rings (SSSR count). The van der Waals surface area contributed by atoms with Crippen LogP contribution in [0.3, 0.4) is 0 Å². The molecule has 0 aliphatic heterocycles. The highest BCUT2D eigenvalue weighted by molar-refractivity contribution is 5.32. The molecule has 0 spiro atoms. The molecule has 19 heavy (non-hydrogen) atoms. The van der Waals surface area contributed by atoms with Crippen molar-refractivity contribution in [2.24, 2.45) is 0 Å². The van der Waals surface area contributed by atoms with Crippen LogP contribution in [0, 0.1) is 17.1 Å². The summed E-state index contributed by atoms with van der Waals surface area (Å²) < 4.78 is 14.7. The van der Waals surface area contributed by atoms with E-state index in [1.165, 1.54) is 18.5 Å². The molecule has 1 unspecified atom stereocenters. The van der Waals surface area contributed by atoms with E-state index in [0.29, 0.717) is 13.0 Å². The van der Waals surface area contributed by atoms with Gasteiger partial charge in [-0.25, -0.2) is 9.37 Å². The number of hydrogen-bond donors (Lipinski definition) is 0. The van der Waals surface area contributed by atoms with Gasteiger partial charge in [-0.05, 0) is 24.1 Å². The summed E-state index contributed by atoms with van der Waals surface area (Å²) in [5.41, 5.74) is 0.115. The van der Waals surface area contributed by atoms with E-state index in [1.807, 2.05) is 6.92 Å². The van der Waals surface area contributed by atoms with Crippen LogP contribution in [-0.2, 0) is 12.0 Å². The Labute approximate surface area is 111 Å². The summed E-state index contributed by atoms with van der Waals surface area (Å²) in [6, 6.07) is 8.50. The first-order valence-electron chi connectivity index (χ1n) is 6.20. The lowest BCUT2D eigenvalue weighted by Gasteiger charge is -2.26. The second-order valence-corrected chi connectivity index (χ2v) is 4.54. The Balaban J connectivity index is 2.38.